The van der Waals surface area contributed by atoms with E-state index in [9.17, 15) is 9.90 Å². The van der Waals surface area contributed by atoms with Gasteiger partial charge in [-0.05, 0) is 36.2 Å². The molecule has 0 amide bonds. The third-order valence-electron chi connectivity index (χ3n) is 5.09. The highest BCUT2D eigenvalue weighted by Crippen LogP contribution is 2.34. The Morgan fingerprint density at radius 2 is 1.70 bits per heavy atom. The van der Waals surface area contributed by atoms with E-state index < -0.39 is 6.10 Å². The minimum absolute atomic E-state index is 0.0582. The molecule has 1 aliphatic heterocycles. The van der Waals surface area contributed by atoms with Crippen LogP contribution in [0.1, 0.15) is 57.1 Å². The molecule has 1 saturated heterocycles. The number of aliphatic hydroxyl groups excluding tert-OH is 1. The minimum atomic E-state index is -0.646. The van der Waals surface area contributed by atoms with Gasteiger partial charge in [-0.25, -0.2) is 0 Å². The normalized spacial score (nSPS) is 19.9. The van der Waals surface area contributed by atoms with Crippen LogP contribution in [-0.2, 0) is 9.53 Å². The van der Waals surface area contributed by atoms with E-state index in [4.69, 9.17) is 9.47 Å². The molecule has 4 nitrogen and oxygen atoms in total. The highest BCUT2D eigenvalue weighted by Gasteiger charge is 2.42. The molecule has 0 saturated carbocycles. The zero-order chi connectivity index (χ0) is 19.1. The fourth-order valence-corrected chi connectivity index (χ4v) is 3.44. The van der Waals surface area contributed by atoms with Crippen LogP contribution < -0.4 is 4.74 Å². The van der Waals surface area contributed by atoms with Crippen molar-refractivity contribution < 1.29 is 19.4 Å². The topological polar surface area (TPSA) is 55.8 Å². The van der Waals surface area contributed by atoms with Crippen LogP contribution in [0.4, 0.5) is 0 Å². The molecule has 1 aliphatic rings. The lowest BCUT2D eigenvalue weighted by molar-refractivity contribution is -0.188. The molecule has 0 bridgehead atoms. The van der Waals surface area contributed by atoms with Crippen molar-refractivity contribution in [2.24, 2.45) is 5.92 Å². The summed E-state index contributed by atoms with van der Waals surface area (Å²) in [5.41, 5.74) is 0.808. The fourth-order valence-electron chi connectivity index (χ4n) is 3.44. The molecular formula is C23H28O4. The number of esters is 1. The van der Waals surface area contributed by atoms with E-state index >= 15 is 0 Å². The number of para-hydroxylation sites is 1. The van der Waals surface area contributed by atoms with Gasteiger partial charge in [0.25, 0.3) is 0 Å². The van der Waals surface area contributed by atoms with Crippen LogP contribution in [0.25, 0.3) is 0 Å². The Morgan fingerprint density at radius 1 is 1.00 bits per heavy atom. The van der Waals surface area contributed by atoms with Gasteiger partial charge >= 0.3 is 5.97 Å². The first-order chi connectivity index (χ1) is 13.2. The van der Waals surface area contributed by atoms with Crippen LogP contribution in [0.5, 0.6) is 11.5 Å². The van der Waals surface area contributed by atoms with Gasteiger partial charge in [0, 0.05) is 6.42 Å². The van der Waals surface area contributed by atoms with Crippen molar-refractivity contribution >= 4 is 5.97 Å². The number of hydrogen-bond donors (Lipinski definition) is 1. The molecule has 0 unspecified atom stereocenters. The predicted molar refractivity (Wildman–Crippen MR) is 105 cm³/mol. The summed E-state index contributed by atoms with van der Waals surface area (Å²) in [6.07, 6.45) is 5.07. The highest BCUT2D eigenvalue weighted by molar-refractivity contribution is 5.78. The summed E-state index contributed by atoms with van der Waals surface area (Å²) in [7, 11) is 0. The molecule has 0 radical (unpaired) electrons. The zero-order valence-electron chi connectivity index (χ0n) is 15.8. The number of carbonyl (C=O) groups excluding carboxylic acids is 1. The number of ether oxygens (including phenoxy) is 2. The van der Waals surface area contributed by atoms with Gasteiger partial charge in [-0.2, -0.15) is 0 Å². The minimum Gasteiger partial charge on any atom is -0.461 e. The largest absolute Gasteiger partial charge is 0.461 e. The fraction of sp³-hybridized carbons (Fsp3) is 0.435. The first-order valence-corrected chi connectivity index (χ1v) is 9.88. The van der Waals surface area contributed by atoms with Crippen LogP contribution in [0.3, 0.4) is 0 Å². The molecule has 2 aromatic rings. The van der Waals surface area contributed by atoms with Gasteiger partial charge in [0.05, 0.1) is 12.0 Å². The van der Waals surface area contributed by atoms with Gasteiger partial charge in [-0.15, -0.1) is 0 Å². The summed E-state index contributed by atoms with van der Waals surface area (Å²) < 4.78 is 11.1. The molecule has 2 aromatic carbocycles. The number of carbonyl (C=O) groups is 1. The molecule has 1 N–H and O–H groups in total. The smallest absolute Gasteiger partial charge is 0.313 e. The Bertz CT molecular complexity index is 711. The Morgan fingerprint density at radius 3 is 2.37 bits per heavy atom. The summed E-state index contributed by atoms with van der Waals surface area (Å²) in [6, 6.07) is 17.0. The van der Waals surface area contributed by atoms with E-state index in [1.165, 1.54) is 12.8 Å². The molecule has 0 aliphatic carbocycles. The zero-order valence-corrected chi connectivity index (χ0v) is 15.8. The van der Waals surface area contributed by atoms with E-state index in [0.717, 1.165) is 36.3 Å². The maximum absolute atomic E-state index is 11.7. The third kappa shape index (κ3) is 5.33. The predicted octanol–water partition coefficient (Wildman–Crippen LogP) is 5.41. The Kier molecular flexibility index (Phi) is 6.88. The first kappa shape index (κ1) is 19.4. The van der Waals surface area contributed by atoms with Gasteiger partial charge in [0.1, 0.15) is 17.6 Å². The van der Waals surface area contributed by atoms with Crippen molar-refractivity contribution in [3.8, 4) is 11.5 Å². The van der Waals surface area contributed by atoms with E-state index in [0.29, 0.717) is 6.42 Å². The maximum atomic E-state index is 11.7. The second-order valence-electron chi connectivity index (χ2n) is 7.17. The van der Waals surface area contributed by atoms with E-state index in [1.54, 1.807) is 0 Å². The van der Waals surface area contributed by atoms with Crippen LogP contribution >= 0.6 is 0 Å². The van der Waals surface area contributed by atoms with Crippen molar-refractivity contribution in [3.05, 3.63) is 60.2 Å². The van der Waals surface area contributed by atoms with Gasteiger partial charge in [0.15, 0.2) is 0 Å². The van der Waals surface area contributed by atoms with Gasteiger partial charge in [0.2, 0.25) is 0 Å². The van der Waals surface area contributed by atoms with Crippen LogP contribution in [-0.4, -0.2) is 17.2 Å². The average molecular weight is 368 g/mol. The third-order valence-corrected chi connectivity index (χ3v) is 5.09. The standard InChI is InChI=1S/C23H28O4/c1-2-3-4-8-11-20-22(27-23(20)25)16-21(24)17-12-14-19(15-13-17)26-18-9-6-5-7-10-18/h5-7,9-10,12-15,20-22,24H,2-4,8,11,16H2,1H3/t20-,21-,22-/m0/s1. The number of cyclic esters (lactones) is 1. The van der Waals surface area contributed by atoms with Gasteiger partial charge < -0.3 is 14.6 Å². The summed E-state index contributed by atoms with van der Waals surface area (Å²) in [5, 5.41) is 10.5. The van der Waals surface area contributed by atoms with Crippen molar-refractivity contribution in [1.82, 2.24) is 0 Å². The van der Waals surface area contributed by atoms with Crippen LogP contribution in [0.15, 0.2) is 54.6 Å². The molecule has 3 atom stereocenters. The van der Waals surface area contributed by atoms with Crippen molar-refractivity contribution in [2.75, 3.05) is 0 Å². The summed E-state index contributed by atoms with van der Waals surface area (Å²) >= 11 is 0. The Hall–Kier alpha value is -2.33. The molecule has 3 rings (SSSR count). The molecule has 144 valence electrons. The highest BCUT2D eigenvalue weighted by atomic mass is 16.6. The summed E-state index contributed by atoms with van der Waals surface area (Å²) in [4.78, 5) is 11.7. The second kappa shape index (κ2) is 9.56. The van der Waals surface area contributed by atoms with Crippen molar-refractivity contribution in [1.29, 1.82) is 0 Å². The average Bonchev–Trinajstić information content (AvgIpc) is 2.68. The number of aliphatic hydroxyl groups is 1. The number of hydrogen-bond acceptors (Lipinski definition) is 4. The molecular weight excluding hydrogens is 340 g/mol. The number of rotatable bonds is 10. The lowest BCUT2D eigenvalue weighted by atomic mass is 9.86. The monoisotopic (exact) mass is 368 g/mol. The molecule has 1 fully saturated rings. The summed E-state index contributed by atoms with van der Waals surface area (Å²) in [6.45, 7) is 2.17. The van der Waals surface area contributed by atoms with Gasteiger partial charge in [-0.3, -0.25) is 4.79 Å². The van der Waals surface area contributed by atoms with Crippen molar-refractivity contribution in [2.45, 2.75) is 57.7 Å². The lowest BCUT2D eigenvalue weighted by Gasteiger charge is -2.36. The van der Waals surface area contributed by atoms with Crippen LogP contribution in [0, 0.1) is 5.92 Å². The maximum Gasteiger partial charge on any atom is 0.313 e. The molecule has 1 heterocycles. The second-order valence-corrected chi connectivity index (χ2v) is 7.17. The Labute approximate surface area is 161 Å². The summed E-state index contributed by atoms with van der Waals surface area (Å²) in [5.74, 6) is 1.33. The van der Waals surface area contributed by atoms with Crippen LogP contribution in [0.2, 0.25) is 0 Å². The molecule has 27 heavy (non-hydrogen) atoms. The molecule has 0 aromatic heterocycles. The lowest BCUT2D eigenvalue weighted by Crippen LogP contribution is -2.45. The molecule has 4 heteroatoms. The molecule has 0 spiro atoms. The Balaban J connectivity index is 1.50. The SMILES string of the molecule is CCCCCC[C@@H]1C(=O)O[C@H]1C[C@H](O)c1ccc(Oc2ccccc2)cc1. The van der Waals surface area contributed by atoms with E-state index in [2.05, 4.69) is 6.92 Å². The number of unbranched alkanes of at least 4 members (excludes halogenated alkanes) is 3. The van der Waals surface area contributed by atoms with E-state index in [-0.39, 0.29) is 18.0 Å². The van der Waals surface area contributed by atoms with E-state index in [1.807, 2.05) is 54.6 Å². The first-order valence-electron chi connectivity index (χ1n) is 9.88. The van der Waals surface area contributed by atoms with Gasteiger partial charge in [-0.1, -0.05) is 62.9 Å². The number of benzene rings is 2. The van der Waals surface area contributed by atoms with Crippen molar-refractivity contribution in [3.63, 3.8) is 0 Å². The quantitative estimate of drug-likeness (QED) is 0.450.